The zero-order chi connectivity index (χ0) is 11.4. The van der Waals surface area contributed by atoms with Crippen molar-refractivity contribution >= 4 is 21.2 Å². The fourth-order valence-electron chi connectivity index (χ4n) is 1.13. The van der Waals surface area contributed by atoms with Crippen LogP contribution < -0.4 is 0 Å². The van der Waals surface area contributed by atoms with Crippen molar-refractivity contribution < 1.29 is 8.42 Å². The van der Waals surface area contributed by atoms with Crippen LogP contribution in [-0.4, -0.2) is 8.42 Å². The van der Waals surface area contributed by atoms with Gasteiger partial charge in [0.25, 0.3) is 0 Å². The van der Waals surface area contributed by atoms with Crippen molar-refractivity contribution in [1.29, 1.82) is 0 Å². The van der Waals surface area contributed by atoms with E-state index in [4.69, 9.17) is 0 Å². The Labute approximate surface area is 98.5 Å². The summed E-state index contributed by atoms with van der Waals surface area (Å²) >= 11 is 1.42. The molecule has 2 nitrogen and oxygen atoms in total. The lowest BCUT2D eigenvalue weighted by Crippen LogP contribution is -1.95. The van der Waals surface area contributed by atoms with Crippen LogP contribution in [0.5, 0.6) is 0 Å². The van der Waals surface area contributed by atoms with Crippen LogP contribution in [0.4, 0.5) is 0 Å². The molecule has 2 rings (SSSR count). The minimum Gasteiger partial charge on any atom is -0.210 e. The van der Waals surface area contributed by atoms with Gasteiger partial charge in [-0.1, -0.05) is 24.3 Å². The standard InChI is InChI=1S/C12H8O2S2/c13-16(14,12-6-2-1-3-7-12)10-8-11-5-4-9-15-11/h1-7,9H. The average molecular weight is 248 g/mol. The summed E-state index contributed by atoms with van der Waals surface area (Å²) in [6.07, 6.45) is 0. The van der Waals surface area contributed by atoms with Crippen molar-refractivity contribution in [2.24, 2.45) is 0 Å². The summed E-state index contributed by atoms with van der Waals surface area (Å²) in [6, 6.07) is 11.8. The Morgan fingerprint density at radius 2 is 1.75 bits per heavy atom. The zero-order valence-electron chi connectivity index (χ0n) is 8.25. The van der Waals surface area contributed by atoms with Crippen LogP contribution in [0.3, 0.4) is 0 Å². The van der Waals surface area contributed by atoms with Crippen molar-refractivity contribution in [2.45, 2.75) is 4.90 Å². The van der Waals surface area contributed by atoms with Gasteiger partial charge < -0.3 is 0 Å². The Morgan fingerprint density at radius 1 is 1.00 bits per heavy atom. The van der Waals surface area contributed by atoms with Gasteiger partial charge in [-0.05, 0) is 29.5 Å². The third-order valence-electron chi connectivity index (χ3n) is 1.88. The van der Waals surface area contributed by atoms with E-state index in [0.717, 1.165) is 4.88 Å². The predicted molar refractivity (Wildman–Crippen MR) is 64.8 cm³/mol. The van der Waals surface area contributed by atoms with Gasteiger partial charge in [0, 0.05) is 5.25 Å². The summed E-state index contributed by atoms with van der Waals surface area (Å²) in [5, 5.41) is 4.17. The molecule has 0 saturated heterocycles. The Balaban J connectivity index is 2.35. The molecule has 16 heavy (non-hydrogen) atoms. The molecular weight excluding hydrogens is 240 g/mol. The van der Waals surface area contributed by atoms with E-state index in [1.807, 2.05) is 11.4 Å². The largest absolute Gasteiger partial charge is 0.245 e. The van der Waals surface area contributed by atoms with E-state index in [1.54, 1.807) is 36.4 Å². The second kappa shape index (κ2) is 4.52. The molecule has 1 aromatic carbocycles. The van der Waals surface area contributed by atoms with E-state index in [-0.39, 0.29) is 4.90 Å². The minimum atomic E-state index is -3.49. The first kappa shape index (κ1) is 10.9. The Kier molecular flexibility index (Phi) is 3.09. The van der Waals surface area contributed by atoms with Crippen LogP contribution in [0.1, 0.15) is 4.88 Å². The third-order valence-corrected chi connectivity index (χ3v) is 3.93. The number of hydrogen-bond donors (Lipinski definition) is 0. The first-order chi connectivity index (χ1) is 7.68. The van der Waals surface area contributed by atoms with E-state index in [2.05, 4.69) is 11.2 Å². The molecular formula is C12H8O2S2. The Morgan fingerprint density at radius 3 is 2.38 bits per heavy atom. The molecule has 1 aromatic heterocycles. The topological polar surface area (TPSA) is 34.1 Å². The Hall–Kier alpha value is -1.57. The van der Waals surface area contributed by atoms with E-state index in [0.29, 0.717) is 0 Å². The van der Waals surface area contributed by atoms with Crippen LogP contribution in [0, 0.1) is 11.2 Å². The molecule has 2 aromatic rings. The van der Waals surface area contributed by atoms with Crippen molar-refractivity contribution in [3.8, 4) is 11.2 Å². The predicted octanol–water partition coefficient (Wildman–Crippen LogP) is 2.53. The molecule has 1 heterocycles. The number of hydrogen-bond acceptors (Lipinski definition) is 3. The van der Waals surface area contributed by atoms with Gasteiger partial charge in [-0.2, -0.15) is 0 Å². The summed E-state index contributed by atoms with van der Waals surface area (Å²) in [7, 11) is -3.49. The Bertz CT molecular complexity index is 615. The van der Waals surface area contributed by atoms with Crippen LogP contribution in [0.15, 0.2) is 52.7 Å². The van der Waals surface area contributed by atoms with Gasteiger partial charge in [-0.15, -0.1) is 11.3 Å². The average Bonchev–Trinajstić information content (AvgIpc) is 2.81. The number of thiophene rings is 1. The molecule has 0 spiro atoms. The molecule has 0 aliphatic carbocycles. The molecule has 0 N–H and O–H groups in total. The minimum absolute atomic E-state index is 0.235. The monoisotopic (exact) mass is 248 g/mol. The molecule has 0 unspecified atom stereocenters. The molecule has 0 fully saturated rings. The van der Waals surface area contributed by atoms with Crippen molar-refractivity contribution in [1.82, 2.24) is 0 Å². The molecule has 0 radical (unpaired) electrons. The maximum absolute atomic E-state index is 11.8. The summed E-state index contributed by atoms with van der Waals surface area (Å²) in [5.74, 6) is 2.64. The number of benzene rings is 1. The molecule has 0 aliphatic heterocycles. The fraction of sp³-hybridized carbons (Fsp3) is 0. The van der Waals surface area contributed by atoms with Gasteiger partial charge in [0.2, 0.25) is 9.84 Å². The van der Waals surface area contributed by atoms with Gasteiger partial charge in [-0.25, -0.2) is 8.42 Å². The van der Waals surface area contributed by atoms with Crippen LogP contribution >= 0.6 is 11.3 Å². The summed E-state index contributed by atoms with van der Waals surface area (Å²) in [4.78, 5) is 0.985. The number of rotatable bonds is 1. The van der Waals surface area contributed by atoms with E-state index < -0.39 is 9.84 Å². The van der Waals surface area contributed by atoms with Gasteiger partial charge >= 0.3 is 0 Å². The highest BCUT2D eigenvalue weighted by atomic mass is 32.2. The lowest BCUT2D eigenvalue weighted by molar-refractivity contribution is 0.606. The maximum Gasteiger partial charge on any atom is 0.245 e. The van der Waals surface area contributed by atoms with Gasteiger partial charge in [0.1, 0.15) is 0 Å². The first-order valence-corrected chi connectivity index (χ1v) is 6.91. The zero-order valence-corrected chi connectivity index (χ0v) is 9.88. The second-order valence-corrected chi connectivity index (χ2v) is 5.65. The highest BCUT2D eigenvalue weighted by Gasteiger charge is 2.08. The van der Waals surface area contributed by atoms with Crippen molar-refractivity contribution in [3.63, 3.8) is 0 Å². The van der Waals surface area contributed by atoms with Crippen molar-refractivity contribution in [2.75, 3.05) is 0 Å². The highest BCUT2D eigenvalue weighted by molar-refractivity contribution is 7.96. The summed E-state index contributed by atoms with van der Waals surface area (Å²) in [6.45, 7) is 0. The molecule has 0 aliphatic rings. The lowest BCUT2D eigenvalue weighted by Gasteiger charge is -1.93. The first-order valence-electron chi connectivity index (χ1n) is 4.55. The summed E-state index contributed by atoms with van der Waals surface area (Å²) < 4.78 is 23.5. The van der Waals surface area contributed by atoms with E-state index in [9.17, 15) is 8.42 Å². The van der Waals surface area contributed by atoms with Gasteiger partial charge in [0.05, 0.1) is 9.77 Å². The van der Waals surface area contributed by atoms with Gasteiger partial charge in [0.15, 0.2) is 0 Å². The highest BCUT2D eigenvalue weighted by Crippen LogP contribution is 2.10. The molecule has 80 valence electrons. The quantitative estimate of drug-likeness (QED) is 0.727. The van der Waals surface area contributed by atoms with E-state index in [1.165, 1.54) is 11.3 Å². The molecule has 0 saturated carbocycles. The molecule has 0 atom stereocenters. The smallest absolute Gasteiger partial charge is 0.210 e. The summed E-state index contributed by atoms with van der Waals surface area (Å²) in [5.41, 5.74) is 0. The fourth-order valence-corrected chi connectivity index (χ4v) is 2.64. The van der Waals surface area contributed by atoms with Crippen molar-refractivity contribution in [3.05, 3.63) is 52.7 Å². The number of sulfone groups is 1. The normalized spacial score (nSPS) is 10.5. The molecule has 0 amide bonds. The van der Waals surface area contributed by atoms with Gasteiger partial charge in [-0.3, -0.25) is 0 Å². The van der Waals surface area contributed by atoms with Crippen LogP contribution in [0.2, 0.25) is 0 Å². The molecule has 4 heteroatoms. The van der Waals surface area contributed by atoms with E-state index >= 15 is 0 Å². The third kappa shape index (κ3) is 2.51. The SMILES string of the molecule is O=S(=O)(C#Cc1cccs1)c1ccccc1. The van der Waals surface area contributed by atoms with Crippen LogP contribution in [0.25, 0.3) is 0 Å². The lowest BCUT2D eigenvalue weighted by atomic mass is 10.4. The molecule has 0 bridgehead atoms. The maximum atomic E-state index is 11.8. The van der Waals surface area contributed by atoms with Crippen LogP contribution in [-0.2, 0) is 9.84 Å². The second-order valence-electron chi connectivity index (χ2n) is 3.02.